The van der Waals surface area contributed by atoms with E-state index in [1.54, 1.807) is 0 Å². The number of ether oxygens (including phenoxy) is 1. The Bertz CT molecular complexity index is 585. The smallest absolute Gasteiger partial charge is 0.136 e. The highest BCUT2D eigenvalue weighted by Gasteiger charge is 2.23. The van der Waals surface area contributed by atoms with Gasteiger partial charge in [-0.05, 0) is 21.8 Å². The summed E-state index contributed by atoms with van der Waals surface area (Å²) in [4.78, 5) is 0. The highest BCUT2D eigenvalue weighted by atomic mass is 32.2. The lowest BCUT2D eigenvalue weighted by molar-refractivity contribution is 0.408. The normalized spacial score (nSPS) is 21.6. The standard InChI is InChI=1S/C19H24OS2/c1-20-19-17-5-4-6-18(19)14-22(3)12-16-9-7-15(8-10-16)11-21(2)13-17/h4-10H,11-14H2,1-3H3/q+2. The van der Waals surface area contributed by atoms with Gasteiger partial charge >= 0.3 is 0 Å². The van der Waals surface area contributed by atoms with Gasteiger partial charge in [0.25, 0.3) is 0 Å². The molecular weight excluding hydrogens is 308 g/mol. The number of rotatable bonds is 1. The van der Waals surface area contributed by atoms with Gasteiger partial charge in [-0.1, -0.05) is 42.5 Å². The second-order valence-electron chi connectivity index (χ2n) is 6.07. The summed E-state index contributed by atoms with van der Waals surface area (Å²) in [6.45, 7) is 0. The van der Waals surface area contributed by atoms with Crippen LogP contribution in [-0.2, 0) is 44.8 Å². The van der Waals surface area contributed by atoms with Crippen molar-refractivity contribution in [2.45, 2.75) is 23.0 Å². The number of hydrogen-bond acceptors (Lipinski definition) is 1. The van der Waals surface area contributed by atoms with Gasteiger partial charge in [-0.25, -0.2) is 0 Å². The molecule has 2 heterocycles. The summed E-state index contributed by atoms with van der Waals surface area (Å²) in [5.74, 6) is 5.66. The third kappa shape index (κ3) is 3.64. The zero-order valence-corrected chi connectivity index (χ0v) is 15.2. The number of fused-ring (bicyclic) bond motifs is 6. The van der Waals surface area contributed by atoms with Crippen LogP contribution in [0.5, 0.6) is 5.75 Å². The Kier molecular flexibility index (Phi) is 5.04. The summed E-state index contributed by atoms with van der Waals surface area (Å²) < 4.78 is 5.78. The zero-order chi connectivity index (χ0) is 15.5. The Morgan fingerprint density at radius 1 is 0.727 bits per heavy atom. The second-order valence-corrected chi connectivity index (χ2v) is 10.3. The van der Waals surface area contributed by atoms with Crippen molar-refractivity contribution in [2.24, 2.45) is 0 Å². The van der Waals surface area contributed by atoms with Gasteiger partial charge in [0.2, 0.25) is 0 Å². The molecule has 2 aliphatic heterocycles. The predicted molar refractivity (Wildman–Crippen MR) is 101 cm³/mol. The SMILES string of the molecule is COc1c2cccc1C[S+](C)Cc1ccc(cc1)C[S+](C)C2. The molecule has 0 N–H and O–H groups in total. The van der Waals surface area contributed by atoms with Crippen LogP contribution in [0.25, 0.3) is 0 Å². The van der Waals surface area contributed by atoms with Crippen LogP contribution < -0.4 is 4.74 Å². The molecule has 22 heavy (non-hydrogen) atoms. The van der Waals surface area contributed by atoms with Gasteiger partial charge in [0.05, 0.1) is 19.6 Å². The lowest BCUT2D eigenvalue weighted by Gasteiger charge is -2.12. The van der Waals surface area contributed by atoms with Crippen LogP contribution in [-0.4, -0.2) is 19.6 Å². The first kappa shape index (κ1) is 15.8. The highest BCUT2D eigenvalue weighted by molar-refractivity contribution is 7.95. The second kappa shape index (κ2) is 7.01. The molecule has 2 aliphatic rings. The van der Waals surface area contributed by atoms with E-state index in [1.165, 1.54) is 22.3 Å². The summed E-state index contributed by atoms with van der Waals surface area (Å²) in [5, 5.41) is 0. The molecule has 0 saturated carbocycles. The van der Waals surface area contributed by atoms with Crippen molar-refractivity contribution in [3.8, 4) is 5.75 Å². The molecular formula is C19H24OS2+2. The molecule has 0 aliphatic carbocycles. The molecule has 2 atom stereocenters. The van der Waals surface area contributed by atoms with Crippen molar-refractivity contribution in [1.82, 2.24) is 0 Å². The van der Waals surface area contributed by atoms with Gasteiger partial charge in [0.1, 0.15) is 28.8 Å². The molecule has 2 unspecified atom stereocenters. The van der Waals surface area contributed by atoms with E-state index in [0.717, 1.165) is 28.8 Å². The van der Waals surface area contributed by atoms with Crippen molar-refractivity contribution in [2.75, 3.05) is 19.6 Å². The lowest BCUT2D eigenvalue weighted by Crippen LogP contribution is -2.10. The third-order valence-electron chi connectivity index (χ3n) is 4.04. The Morgan fingerprint density at radius 2 is 1.18 bits per heavy atom. The van der Waals surface area contributed by atoms with Crippen LogP contribution >= 0.6 is 0 Å². The number of hydrogen-bond donors (Lipinski definition) is 0. The summed E-state index contributed by atoms with van der Waals surface area (Å²) >= 11 is 0. The Balaban J connectivity index is 2.00. The number of methoxy groups -OCH3 is 1. The van der Waals surface area contributed by atoms with Crippen LogP contribution in [0.2, 0.25) is 0 Å². The predicted octanol–water partition coefficient (Wildman–Crippen LogP) is 3.91. The monoisotopic (exact) mass is 332 g/mol. The number of para-hydroxylation sites is 1. The summed E-state index contributed by atoms with van der Waals surface area (Å²) in [7, 11) is 2.48. The van der Waals surface area contributed by atoms with E-state index in [4.69, 9.17) is 4.74 Å². The largest absolute Gasteiger partial charge is 0.496 e. The van der Waals surface area contributed by atoms with Gasteiger partial charge < -0.3 is 4.74 Å². The molecule has 0 saturated heterocycles. The minimum Gasteiger partial charge on any atom is -0.496 e. The molecule has 0 spiro atoms. The first-order valence-corrected chi connectivity index (χ1v) is 11.5. The van der Waals surface area contributed by atoms with Gasteiger partial charge in [-0.15, -0.1) is 0 Å². The maximum Gasteiger partial charge on any atom is 0.136 e. The van der Waals surface area contributed by atoms with Crippen molar-refractivity contribution >= 4 is 21.8 Å². The quantitative estimate of drug-likeness (QED) is 0.720. The zero-order valence-electron chi connectivity index (χ0n) is 13.6. The average molecular weight is 333 g/mol. The van der Waals surface area contributed by atoms with E-state index < -0.39 is 0 Å². The molecule has 3 heteroatoms. The van der Waals surface area contributed by atoms with E-state index in [0.29, 0.717) is 21.8 Å². The average Bonchev–Trinajstić information content (AvgIpc) is 2.49. The summed E-state index contributed by atoms with van der Waals surface area (Å²) in [5.41, 5.74) is 5.66. The maximum atomic E-state index is 5.78. The van der Waals surface area contributed by atoms with Crippen LogP contribution in [0.1, 0.15) is 22.3 Å². The molecule has 0 fully saturated rings. The summed E-state index contributed by atoms with van der Waals surface area (Å²) in [6.07, 6.45) is 4.73. The highest BCUT2D eigenvalue weighted by Crippen LogP contribution is 2.29. The third-order valence-corrected chi connectivity index (χ3v) is 7.30. The molecule has 1 nitrogen and oxygen atoms in total. The molecule has 2 aromatic rings. The van der Waals surface area contributed by atoms with Crippen LogP contribution in [0, 0.1) is 0 Å². The van der Waals surface area contributed by atoms with Gasteiger partial charge in [0, 0.05) is 22.3 Å². The van der Waals surface area contributed by atoms with Gasteiger partial charge in [-0.2, -0.15) is 0 Å². The molecule has 116 valence electrons. The Labute approximate surface area is 139 Å². The van der Waals surface area contributed by atoms with Crippen LogP contribution in [0.4, 0.5) is 0 Å². The van der Waals surface area contributed by atoms with Gasteiger partial charge in [-0.3, -0.25) is 0 Å². The van der Waals surface area contributed by atoms with E-state index in [9.17, 15) is 0 Å². The molecule has 4 bridgehead atoms. The Hall–Kier alpha value is -1.06. The van der Waals surface area contributed by atoms with Crippen molar-refractivity contribution in [3.05, 3.63) is 64.7 Å². The fourth-order valence-electron chi connectivity index (χ4n) is 3.06. The fraction of sp³-hybridized carbons (Fsp3) is 0.368. The van der Waals surface area contributed by atoms with E-state index in [1.807, 2.05) is 7.11 Å². The first-order chi connectivity index (χ1) is 10.7. The molecule has 4 rings (SSSR count). The van der Waals surface area contributed by atoms with Crippen molar-refractivity contribution < 1.29 is 4.74 Å². The van der Waals surface area contributed by atoms with Crippen molar-refractivity contribution in [3.63, 3.8) is 0 Å². The lowest BCUT2D eigenvalue weighted by atomic mass is 10.1. The number of benzene rings is 2. The van der Waals surface area contributed by atoms with Crippen molar-refractivity contribution in [1.29, 1.82) is 0 Å². The minimum absolute atomic E-state index is 0.333. The topological polar surface area (TPSA) is 9.23 Å². The Morgan fingerprint density at radius 3 is 1.59 bits per heavy atom. The van der Waals surface area contributed by atoms with E-state index >= 15 is 0 Å². The first-order valence-electron chi connectivity index (χ1n) is 7.56. The maximum absolute atomic E-state index is 5.78. The van der Waals surface area contributed by atoms with Crippen LogP contribution in [0.3, 0.4) is 0 Å². The molecule has 2 aromatic carbocycles. The van der Waals surface area contributed by atoms with E-state index in [2.05, 4.69) is 55.0 Å². The van der Waals surface area contributed by atoms with Crippen LogP contribution in [0.15, 0.2) is 42.5 Å². The van der Waals surface area contributed by atoms with E-state index in [-0.39, 0.29) is 0 Å². The molecule has 0 radical (unpaired) electrons. The summed E-state index contributed by atoms with van der Waals surface area (Å²) in [6, 6.07) is 16.0. The fourth-order valence-corrected chi connectivity index (χ4v) is 6.30. The minimum atomic E-state index is 0.333. The van der Waals surface area contributed by atoms with Gasteiger partial charge in [0.15, 0.2) is 0 Å². The molecule has 0 aromatic heterocycles. The molecule has 0 amide bonds.